The Morgan fingerprint density at radius 2 is 1.64 bits per heavy atom. The monoisotopic (exact) mass is 641 g/mol. The molecule has 0 spiro atoms. The van der Waals surface area contributed by atoms with E-state index in [-0.39, 0.29) is 36.4 Å². The number of nitrogens with zero attached hydrogens (tertiary/aromatic N) is 2. The molecule has 236 valence electrons. The van der Waals surface area contributed by atoms with Crippen LogP contribution in [0.15, 0.2) is 72.8 Å². The van der Waals surface area contributed by atoms with E-state index in [2.05, 4.69) is 5.32 Å². The molecule has 9 nitrogen and oxygen atoms in total. The van der Waals surface area contributed by atoms with Crippen LogP contribution in [-0.2, 0) is 32.6 Å². The van der Waals surface area contributed by atoms with Gasteiger partial charge in [-0.3, -0.25) is 13.9 Å². The molecule has 3 aromatic rings. The third kappa shape index (κ3) is 8.89. The standard InChI is InChI=1S/C33H40ClN3O6S/c1-42-28-17-18-31(43-2)29(21-28)37(44(3,40)41)23-32(38)36(22-25-13-10-14-26(34)19-25)30(20-24-11-6-4-7-12-24)33(39)35-27-15-8-5-9-16-27/h4,6-7,10-14,17-19,21,27,30H,5,8-9,15-16,20,22-23H2,1-3H3,(H,35,39)/t30-/m0/s1. The van der Waals surface area contributed by atoms with Crippen LogP contribution in [0.3, 0.4) is 0 Å². The fourth-order valence-corrected chi connectivity index (χ4v) is 6.57. The number of amides is 2. The lowest BCUT2D eigenvalue weighted by molar-refractivity contribution is -0.140. The first kappa shape index (κ1) is 33.1. The van der Waals surface area contributed by atoms with Gasteiger partial charge in [0.25, 0.3) is 0 Å². The fourth-order valence-electron chi connectivity index (χ4n) is 5.52. The molecule has 1 fully saturated rings. The first-order valence-corrected chi connectivity index (χ1v) is 16.9. The largest absolute Gasteiger partial charge is 0.497 e. The maximum atomic E-state index is 14.4. The minimum atomic E-state index is -3.98. The first-order valence-electron chi connectivity index (χ1n) is 14.7. The number of hydrogen-bond donors (Lipinski definition) is 1. The zero-order chi connectivity index (χ0) is 31.7. The Labute approximate surface area is 265 Å². The number of nitrogens with one attached hydrogen (secondary N) is 1. The Morgan fingerprint density at radius 3 is 2.27 bits per heavy atom. The Bertz CT molecular complexity index is 1530. The molecule has 0 radical (unpaired) electrons. The molecular formula is C33H40ClN3O6S. The van der Waals surface area contributed by atoms with Crippen molar-refractivity contribution in [2.24, 2.45) is 0 Å². The summed E-state index contributed by atoms with van der Waals surface area (Å²) in [6.45, 7) is -0.521. The van der Waals surface area contributed by atoms with E-state index >= 15 is 0 Å². The van der Waals surface area contributed by atoms with E-state index in [0.717, 1.165) is 48.2 Å². The lowest BCUT2D eigenvalue weighted by Crippen LogP contribution is -2.55. The molecule has 0 bridgehead atoms. The van der Waals surface area contributed by atoms with Gasteiger partial charge in [-0.25, -0.2) is 8.42 Å². The summed E-state index contributed by atoms with van der Waals surface area (Å²) in [6.07, 6.45) is 6.22. The third-order valence-electron chi connectivity index (χ3n) is 7.80. The number of anilines is 1. The van der Waals surface area contributed by atoms with Gasteiger partial charge in [-0.05, 0) is 48.2 Å². The summed E-state index contributed by atoms with van der Waals surface area (Å²) in [6, 6.07) is 20.4. The Morgan fingerprint density at radius 1 is 0.932 bits per heavy atom. The number of rotatable bonds is 13. The van der Waals surface area contributed by atoms with E-state index in [1.807, 2.05) is 36.4 Å². The summed E-state index contributed by atoms with van der Waals surface area (Å²) < 4.78 is 38.1. The highest BCUT2D eigenvalue weighted by atomic mass is 35.5. The zero-order valence-corrected chi connectivity index (χ0v) is 26.9. The highest BCUT2D eigenvalue weighted by molar-refractivity contribution is 7.92. The number of methoxy groups -OCH3 is 2. The minimum absolute atomic E-state index is 0.0196. The van der Waals surface area contributed by atoms with Crippen LogP contribution < -0.4 is 19.1 Å². The number of sulfonamides is 1. The van der Waals surface area contributed by atoms with Crippen molar-refractivity contribution >= 4 is 39.1 Å². The molecule has 4 rings (SSSR count). The molecule has 3 aromatic carbocycles. The quantitative estimate of drug-likeness (QED) is 0.275. The van der Waals surface area contributed by atoms with Gasteiger partial charge in [0.05, 0.1) is 26.2 Å². The van der Waals surface area contributed by atoms with Gasteiger partial charge >= 0.3 is 0 Å². The van der Waals surface area contributed by atoms with Crippen LogP contribution in [0.5, 0.6) is 11.5 Å². The van der Waals surface area contributed by atoms with Crippen molar-refractivity contribution < 1.29 is 27.5 Å². The molecule has 1 N–H and O–H groups in total. The summed E-state index contributed by atoms with van der Waals surface area (Å²) in [4.78, 5) is 29.9. The molecule has 0 saturated heterocycles. The van der Waals surface area contributed by atoms with Gasteiger partial charge in [0.1, 0.15) is 24.1 Å². The molecule has 0 heterocycles. The van der Waals surface area contributed by atoms with Crippen molar-refractivity contribution in [1.82, 2.24) is 10.2 Å². The van der Waals surface area contributed by atoms with E-state index in [9.17, 15) is 18.0 Å². The Hall–Kier alpha value is -3.76. The number of carbonyl (C=O) groups is 2. The number of hydrogen-bond acceptors (Lipinski definition) is 6. The highest BCUT2D eigenvalue weighted by Crippen LogP contribution is 2.34. The molecule has 11 heteroatoms. The van der Waals surface area contributed by atoms with Crippen molar-refractivity contribution in [1.29, 1.82) is 0 Å². The molecular weight excluding hydrogens is 602 g/mol. The summed E-state index contributed by atoms with van der Waals surface area (Å²) in [5.74, 6) is -0.186. The average molecular weight is 642 g/mol. The van der Waals surface area contributed by atoms with Gasteiger partial charge in [0, 0.05) is 30.1 Å². The SMILES string of the molecule is COc1ccc(OC)c(N(CC(=O)N(Cc2cccc(Cl)c2)[C@@H](Cc2ccccc2)C(=O)NC2CCCCC2)S(C)(=O)=O)c1. The second kappa shape index (κ2) is 15.3. The van der Waals surface area contributed by atoms with Crippen molar-refractivity contribution in [2.75, 3.05) is 31.3 Å². The number of ether oxygens (including phenoxy) is 2. The van der Waals surface area contributed by atoms with Crippen LogP contribution >= 0.6 is 11.6 Å². The number of halogens is 1. The van der Waals surface area contributed by atoms with E-state index in [1.165, 1.54) is 25.2 Å². The molecule has 1 aliphatic carbocycles. The van der Waals surface area contributed by atoms with Crippen LogP contribution in [0.1, 0.15) is 43.2 Å². The Balaban J connectivity index is 1.76. The Kier molecular flexibility index (Phi) is 11.5. The number of carbonyl (C=O) groups excluding carboxylic acids is 2. The summed E-state index contributed by atoms with van der Waals surface area (Å²) >= 11 is 6.30. The number of benzene rings is 3. The molecule has 2 amide bonds. The van der Waals surface area contributed by atoms with Crippen LogP contribution in [-0.4, -0.2) is 64.2 Å². The topological polar surface area (TPSA) is 105 Å². The zero-order valence-electron chi connectivity index (χ0n) is 25.4. The fraction of sp³-hybridized carbons (Fsp3) is 0.394. The summed E-state index contributed by atoms with van der Waals surface area (Å²) in [7, 11) is -1.10. The molecule has 0 aromatic heterocycles. The summed E-state index contributed by atoms with van der Waals surface area (Å²) in [5, 5.41) is 3.68. The lowest BCUT2D eigenvalue weighted by Gasteiger charge is -2.35. The molecule has 0 aliphatic heterocycles. The van der Waals surface area contributed by atoms with E-state index in [0.29, 0.717) is 16.3 Å². The lowest BCUT2D eigenvalue weighted by atomic mass is 9.94. The average Bonchev–Trinajstić information content (AvgIpc) is 3.01. The van der Waals surface area contributed by atoms with Gasteiger partial charge in [0.2, 0.25) is 21.8 Å². The summed E-state index contributed by atoms with van der Waals surface area (Å²) in [5.41, 5.74) is 1.73. The van der Waals surface area contributed by atoms with Crippen molar-refractivity contribution in [3.8, 4) is 11.5 Å². The van der Waals surface area contributed by atoms with Crippen LogP contribution in [0.25, 0.3) is 0 Å². The molecule has 1 aliphatic rings. The molecule has 44 heavy (non-hydrogen) atoms. The van der Waals surface area contributed by atoms with Gasteiger partial charge in [-0.1, -0.05) is 73.3 Å². The van der Waals surface area contributed by atoms with E-state index in [1.54, 1.807) is 30.3 Å². The van der Waals surface area contributed by atoms with Gasteiger partial charge in [-0.15, -0.1) is 0 Å². The van der Waals surface area contributed by atoms with Crippen LogP contribution in [0.4, 0.5) is 5.69 Å². The van der Waals surface area contributed by atoms with E-state index in [4.69, 9.17) is 21.1 Å². The van der Waals surface area contributed by atoms with Gasteiger partial charge in [0.15, 0.2) is 0 Å². The smallest absolute Gasteiger partial charge is 0.244 e. The minimum Gasteiger partial charge on any atom is -0.497 e. The van der Waals surface area contributed by atoms with Crippen molar-refractivity contribution in [2.45, 2.75) is 57.2 Å². The molecule has 1 saturated carbocycles. The molecule has 1 atom stereocenters. The normalized spacial score (nSPS) is 14.4. The maximum Gasteiger partial charge on any atom is 0.244 e. The predicted octanol–water partition coefficient (Wildman–Crippen LogP) is 5.21. The van der Waals surface area contributed by atoms with Gasteiger partial charge < -0.3 is 19.7 Å². The van der Waals surface area contributed by atoms with Crippen LogP contribution in [0, 0.1) is 0 Å². The van der Waals surface area contributed by atoms with Crippen molar-refractivity contribution in [3.63, 3.8) is 0 Å². The molecule has 0 unspecified atom stereocenters. The first-order chi connectivity index (χ1) is 21.1. The van der Waals surface area contributed by atoms with Gasteiger partial charge in [-0.2, -0.15) is 0 Å². The maximum absolute atomic E-state index is 14.4. The second-order valence-corrected chi connectivity index (χ2v) is 13.4. The van der Waals surface area contributed by atoms with Crippen LogP contribution in [0.2, 0.25) is 5.02 Å². The van der Waals surface area contributed by atoms with E-state index < -0.39 is 28.5 Å². The third-order valence-corrected chi connectivity index (χ3v) is 9.16. The highest BCUT2D eigenvalue weighted by Gasteiger charge is 2.35. The second-order valence-electron chi connectivity index (χ2n) is 11.0. The predicted molar refractivity (Wildman–Crippen MR) is 173 cm³/mol. The van der Waals surface area contributed by atoms with Crippen molar-refractivity contribution in [3.05, 3.63) is 88.9 Å².